The van der Waals surface area contributed by atoms with E-state index in [1.54, 1.807) is 0 Å². The van der Waals surface area contributed by atoms with Crippen LogP contribution in [0.4, 0.5) is 18.9 Å². The number of halogens is 3. The Balaban J connectivity index is 3.07. The van der Waals surface area contributed by atoms with Gasteiger partial charge in [-0.2, -0.15) is 13.2 Å². The molecule has 20 heavy (non-hydrogen) atoms. The molecule has 0 spiro atoms. The van der Waals surface area contributed by atoms with E-state index in [1.165, 1.54) is 6.07 Å². The zero-order valence-corrected chi connectivity index (χ0v) is 11.9. The fraction of sp³-hybridized carbons (Fsp3) is 0.400. The average molecular weight is 331 g/mol. The van der Waals surface area contributed by atoms with Crippen molar-refractivity contribution in [2.45, 2.75) is 10.4 Å². The summed E-state index contributed by atoms with van der Waals surface area (Å²) in [5.41, 5.74) is -5.70. The van der Waals surface area contributed by atoms with E-state index in [1.807, 2.05) is 0 Å². The molecule has 0 aromatic heterocycles. The van der Waals surface area contributed by atoms with E-state index in [9.17, 15) is 30.0 Å². The summed E-state index contributed by atoms with van der Waals surface area (Å²) in [4.78, 5) is -0.930. The average Bonchev–Trinajstić information content (AvgIpc) is 2.26. The van der Waals surface area contributed by atoms with Gasteiger partial charge in [-0.15, -0.1) is 0 Å². The molecule has 10 heteroatoms. The molecule has 0 aliphatic rings. The first-order valence-electron chi connectivity index (χ1n) is 5.27. The maximum absolute atomic E-state index is 12.5. The highest BCUT2D eigenvalue weighted by Crippen LogP contribution is 2.34. The quantitative estimate of drug-likeness (QED) is 0.883. The topological polar surface area (TPSA) is 80.3 Å². The number of benzene rings is 1. The van der Waals surface area contributed by atoms with Crippen molar-refractivity contribution in [3.8, 4) is 0 Å². The van der Waals surface area contributed by atoms with E-state index in [4.69, 9.17) is 0 Å². The number of anilines is 1. The first kappa shape index (κ1) is 16.8. The highest BCUT2D eigenvalue weighted by molar-refractivity contribution is 7.92. The number of nitrogens with one attached hydrogen (secondary N) is 1. The number of para-hydroxylation sites is 1. The van der Waals surface area contributed by atoms with E-state index < -0.39 is 30.1 Å². The third kappa shape index (κ3) is 4.10. The maximum Gasteiger partial charge on any atom is 0.501 e. The zero-order chi connectivity index (χ0) is 15.6. The van der Waals surface area contributed by atoms with Gasteiger partial charge in [-0.05, 0) is 12.1 Å². The Morgan fingerprint density at radius 2 is 1.65 bits per heavy atom. The third-order valence-electron chi connectivity index (χ3n) is 2.27. The van der Waals surface area contributed by atoms with E-state index in [2.05, 4.69) is 5.32 Å². The van der Waals surface area contributed by atoms with Gasteiger partial charge in [-0.3, -0.25) is 0 Å². The Bertz CT molecular complexity index is 681. The summed E-state index contributed by atoms with van der Waals surface area (Å²) in [6, 6.07) is 4.45. The van der Waals surface area contributed by atoms with Crippen LogP contribution in [0.15, 0.2) is 29.2 Å². The minimum Gasteiger partial charge on any atom is -0.383 e. The zero-order valence-electron chi connectivity index (χ0n) is 10.3. The molecule has 1 N–H and O–H groups in total. The van der Waals surface area contributed by atoms with Crippen molar-refractivity contribution in [1.82, 2.24) is 0 Å². The lowest BCUT2D eigenvalue weighted by Gasteiger charge is -2.13. The van der Waals surface area contributed by atoms with Crippen molar-refractivity contribution < 1.29 is 30.0 Å². The van der Waals surface area contributed by atoms with Gasteiger partial charge in [-0.1, -0.05) is 12.1 Å². The van der Waals surface area contributed by atoms with Gasteiger partial charge in [0.25, 0.3) is 9.84 Å². The summed E-state index contributed by atoms with van der Waals surface area (Å²) in [6.45, 7) is -0.191. The number of hydrogen-bond acceptors (Lipinski definition) is 5. The third-order valence-corrected chi connectivity index (χ3v) is 4.76. The summed E-state index contributed by atoms with van der Waals surface area (Å²) in [5, 5.41) is 2.39. The van der Waals surface area contributed by atoms with E-state index in [-0.39, 0.29) is 18.0 Å². The molecular formula is C10H12F3NO4S2. The number of rotatable bonds is 5. The SMILES string of the molecule is CS(=O)(=O)CCNc1ccccc1S(=O)(=O)C(F)(F)F. The van der Waals surface area contributed by atoms with E-state index >= 15 is 0 Å². The van der Waals surface area contributed by atoms with Gasteiger partial charge in [0, 0.05) is 12.8 Å². The second-order valence-corrected chi connectivity index (χ2v) is 8.17. The molecule has 0 saturated heterocycles. The summed E-state index contributed by atoms with van der Waals surface area (Å²) in [5.74, 6) is -0.326. The van der Waals surface area contributed by atoms with Crippen molar-refractivity contribution in [2.75, 3.05) is 23.9 Å². The van der Waals surface area contributed by atoms with Crippen LogP contribution in [-0.2, 0) is 19.7 Å². The number of sulfone groups is 2. The molecule has 0 amide bonds. The van der Waals surface area contributed by atoms with Crippen LogP contribution in [0.5, 0.6) is 0 Å². The molecule has 0 aliphatic carbocycles. The Morgan fingerprint density at radius 1 is 1.10 bits per heavy atom. The van der Waals surface area contributed by atoms with Crippen LogP contribution >= 0.6 is 0 Å². The van der Waals surface area contributed by atoms with Crippen LogP contribution in [0.1, 0.15) is 0 Å². The van der Waals surface area contributed by atoms with E-state index in [0.29, 0.717) is 0 Å². The van der Waals surface area contributed by atoms with Crippen molar-refractivity contribution in [3.63, 3.8) is 0 Å². The van der Waals surface area contributed by atoms with Gasteiger partial charge < -0.3 is 5.32 Å². The Labute approximate surface area is 114 Å². The molecule has 1 rings (SSSR count). The first-order valence-corrected chi connectivity index (χ1v) is 8.81. The van der Waals surface area contributed by atoms with Crippen LogP contribution in [0.3, 0.4) is 0 Å². The predicted molar refractivity (Wildman–Crippen MR) is 67.9 cm³/mol. The highest BCUT2D eigenvalue weighted by Gasteiger charge is 2.47. The Kier molecular flexibility index (Phi) is 4.70. The smallest absolute Gasteiger partial charge is 0.383 e. The first-order chi connectivity index (χ1) is 8.95. The minimum absolute atomic E-state index is 0.191. The van der Waals surface area contributed by atoms with Gasteiger partial charge in [0.15, 0.2) is 0 Å². The molecule has 0 saturated carbocycles. The highest BCUT2D eigenvalue weighted by atomic mass is 32.2. The normalized spacial score (nSPS) is 13.2. The molecule has 0 atom stereocenters. The lowest BCUT2D eigenvalue weighted by Crippen LogP contribution is -2.25. The monoisotopic (exact) mass is 331 g/mol. The second kappa shape index (κ2) is 5.60. The van der Waals surface area contributed by atoms with Crippen molar-refractivity contribution in [3.05, 3.63) is 24.3 Å². The molecule has 0 bridgehead atoms. The fourth-order valence-electron chi connectivity index (χ4n) is 1.34. The summed E-state index contributed by atoms with van der Waals surface area (Å²) in [6.07, 6.45) is 0.965. The van der Waals surface area contributed by atoms with Crippen molar-refractivity contribution in [1.29, 1.82) is 0 Å². The van der Waals surface area contributed by atoms with Crippen molar-refractivity contribution in [2.24, 2.45) is 0 Å². The van der Waals surface area contributed by atoms with Crippen LogP contribution < -0.4 is 5.32 Å². The van der Waals surface area contributed by atoms with Gasteiger partial charge in [0.05, 0.1) is 16.3 Å². The number of hydrogen-bond donors (Lipinski definition) is 1. The molecule has 0 aliphatic heterocycles. The summed E-state index contributed by atoms with van der Waals surface area (Å²) < 4.78 is 82.0. The molecule has 1 aromatic carbocycles. The van der Waals surface area contributed by atoms with Crippen LogP contribution in [0, 0.1) is 0 Å². The standard InChI is InChI=1S/C10H12F3NO4S2/c1-19(15,16)7-6-14-8-4-2-3-5-9(8)20(17,18)10(11,12)13/h2-5,14H,6-7H2,1H3. The molecule has 0 unspecified atom stereocenters. The minimum atomic E-state index is -5.48. The molecule has 0 heterocycles. The summed E-state index contributed by atoms with van der Waals surface area (Å²) >= 11 is 0. The van der Waals surface area contributed by atoms with Gasteiger partial charge in [0.1, 0.15) is 9.84 Å². The molecular weight excluding hydrogens is 319 g/mol. The fourth-order valence-corrected chi connectivity index (χ4v) is 2.75. The molecule has 1 aromatic rings. The largest absolute Gasteiger partial charge is 0.501 e. The summed E-state index contributed by atoms with van der Waals surface area (Å²) in [7, 11) is -8.79. The van der Waals surface area contributed by atoms with Crippen LogP contribution in [-0.4, -0.2) is 40.9 Å². The molecule has 0 fully saturated rings. The van der Waals surface area contributed by atoms with Gasteiger partial charge >= 0.3 is 5.51 Å². The molecule has 114 valence electrons. The number of alkyl halides is 3. The van der Waals surface area contributed by atoms with Gasteiger partial charge in [0.2, 0.25) is 0 Å². The van der Waals surface area contributed by atoms with Crippen molar-refractivity contribution >= 4 is 25.4 Å². The second-order valence-electron chi connectivity index (χ2n) is 4.00. The van der Waals surface area contributed by atoms with E-state index in [0.717, 1.165) is 24.5 Å². The van der Waals surface area contributed by atoms with Crippen LogP contribution in [0.25, 0.3) is 0 Å². The molecule has 5 nitrogen and oxygen atoms in total. The Morgan fingerprint density at radius 3 is 2.15 bits per heavy atom. The lowest BCUT2D eigenvalue weighted by atomic mass is 10.3. The molecule has 0 radical (unpaired) electrons. The Hall–Kier alpha value is -1.29. The lowest BCUT2D eigenvalue weighted by molar-refractivity contribution is -0.0435. The predicted octanol–water partition coefficient (Wildman–Crippen LogP) is 1.44. The van der Waals surface area contributed by atoms with Crippen LogP contribution in [0.2, 0.25) is 0 Å². The van der Waals surface area contributed by atoms with Gasteiger partial charge in [-0.25, -0.2) is 16.8 Å². The maximum atomic E-state index is 12.5.